The van der Waals surface area contributed by atoms with E-state index in [9.17, 15) is 0 Å². The van der Waals surface area contributed by atoms with Gasteiger partial charge in [0.2, 0.25) is 0 Å². The maximum absolute atomic E-state index is 3.96. The molecule has 0 aliphatic heterocycles. The van der Waals surface area contributed by atoms with Gasteiger partial charge in [0.1, 0.15) is 0 Å². The Morgan fingerprint density at radius 2 is 1.69 bits per heavy atom. The zero-order valence-corrected chi connectivity index (χ0v) is 10.1. The minimum atomic E-state index is 0.782. The lowest BCUT2D eigenvalue weighted by molar-refractivity contribution is 0.199. The first-order valence-electron chi connectivity index (χ1n) is 7.33. The molecule has 0 saturated heterocycles. The highest BCUT2D eigenvalue weighted by molar-refractivity contribution is 5.07. The summed E-state index contributed by atoms with van der Waals surface area (Å²) in [5.74, 6) is 4.41. The Hall–Kier alpha value is -0.300. The summed E-state index contributed by atoms with van der Waals surface area (Å²) < 4.78 is 0. The van der Waals surface area contributed by atoms with Crippen molar-refractivity contribution in [1.29, 1.82) is 0 Å². The second-order valence-electron chi connectivity index (χ2n) is 6.57. The molecule has 1 N–H and O–H groups in total. The average molecular weight is 217 g/mol. The van der Waals surface area contributed by atoms with Gasteiger partial charge in [0.05, 0.1) is 0 Å². The van der Waals surface area contributed by atoms with E-state index >= 15 is 0 Å². The van der Waals surface area contributed by atoms with Crippen molar-refractivity contribution in [2.24, 2.45) is 23.7 Å². The number of fused-ring (bicyclic) bond motifs is 5. The molecule has 2 bridgehead atoms. The first-order chi connectivity index (χ1) is 7.92. The Morgan fingerprint density at radius 1 is 0.875 bits per heavy atom. The molecule has 88 valence electrons. The lowest BCUT2D eigenvalue weighted by atomic mass is 9.79. The van der Waals surface area contributed by atoms with E-state index in [-0.39, 0.29) is 0 Å². The second kappa shape index (κ2) is 3.60. The molecule has 16 heavy (non-hydrogen) atoms. The van der Waals surface area contributed by atoms with Gasteiger partial charge in [-0.2, -0.15) is 0 Å². The predicted molar refractivity (Wildman–Crippen MR) is 66.1 cm³/mol. The molecule has 0 spiro atoms. The third-order valence-corrected chi connectivity index (χ3v) is 5.89. The van der Waals surface area contributed by atoms with Crippen LogP contribution in [0.1, 0.15) is 44.9 Å². The van der Waals surface area contributed by atoms with E-state index in [0.717, 1.165) is 35.8 Å². The summed E-state index contributed by atoms with van der Waals surface area (Å²) in [5, 5.41) is 3.96. The molecule has 4 rings (SSSR count). The van der Waals surface area contributed by atoms with Crippen LogP contribution >= 0.6 is 0 Å². The summed E-state index contributed by atoms with van der Waals surface area (Å²) in [6.07, 6.45) is 15.0. The van der Waals surface area contributed by atoms with Crippen molar-refractivity contribution in [1.82, 2.24) is 5.32 Å². The largest absolute Gasteiger partial charge is 0.310 e. The maximum Gasteiger partial charge on any atom is 0.0139 e. The molecule has 0 heterocycles. The molecule has 0 aromatic heterocycles. The normalized spacial score (nSPS) is 50.4. The lowest BCUT2D eigenvalue weighted by Crippen LogP contribution is -2.43. The van der Waals surface area contributed by atoms with E-state index in [0.29, 0.717) is 0 Å². The molecule has 3 saturated carbocycles. The van der Waals surface area contributed by atoms with E-state index in [2.05, 4.69) is 17.5 Å². The van der Waals surface area contributed by atoms with Crippen molar-refractivity contribution in [2.75, 3.05) is 0 Å². The Labute approximate surface area is 98.7 Å². The molecule has 1 nitrogen and oxygen atoms in total. The van der Waals surface area contributed by atoms with Crippen molar-refractivity contribution in [2.45, 2.75) is 57.0 Å². The number of hydrogen-bond acceptors (Lipinski definition) is 1. The van der Waals surface area contributed by atoms with Crippen LogP contribution in [0.3, 0.4) is 0 Å². The SMILES string of the molecule is C1=CCC(NC2CC3CC2C2CCCC32)C1. The summed E-state index contributed by atoms with van der Waals surface area (Å²) in [6, 6.07) is 1.67. The highest BCUT2D eigenvalue weighted by atomic mass is 15.0. The van der Waals surface area contributed by atoms with Gasteiger partial charge < -0.3 is 5.32 Å². The van der Waals surface area contributed by atoms with Crippen LogP contribution in [0.25, 0.3) is 0 Å². The summed E-state index contributed by atoms with van der Waals surface area (Å²) in [4.78, 5) is 0. The Morgan fingerprint density at radius 3 is 2.56 bits per heavy atom. The molecule has 5 unspecified atom stereocenters. The van der Waals surface area contributed by atoms with Crippen molar-refractivity contribution in [3.63, 3.8) is 0 Å². The van der Waals surface area contributed by atoms with Crippen LogP contribution in [0.4, 0.5) is 0 Å². The molecular formula is C15H23N. The van der Waals surface area contributed by atoms with E-state index in [1.807, 2.05) is 0 Å². The van der Waals surface area contributed by atoms with Gasteiger partial charge >= 0.3 is 0 Å². The maximum atomic E-state index is 3.96. The topological polar surface area (TPSA) is 12.0 Å². The third-order valence-electron chi connectivity index (χ3n) is 5.89. The highest BCUT2D eigenvalue weighted by Gasteiger charge is 2.53. The zero-order chi connectivity index (χ0) is 10.5. The summed E-state index contributed by atoms with van der Waals surface area (Å²) in [7, 11) is 0. The smallest absolute Gasteiger partial charge is 0.0139 e. The predicted octanol–water partition coefficient (Wildman–Crippen LogP) is 3.12. The quantitative estimate of drug-likeness (QED) is 0.701. The summed E-state index contributed by atoms with van der Waals surface area (Å²) in [6.45, 7) is 0. The highest BCUT2D eigenvalue weighted by Crippen LogP contribution is 2.58. The van der Waals surface area contributed by atoms with Crippen LogP contribution in [0.2, 0.25) is 0 Å². The lowest BCUT2D eigenvalue weighted by Gasteiger charge is -2.34. The molecule has 0 amide bonds. The van der Waals surface area contributed by atoms with Crippen molar-refractivity contribution >= 4 is 0 Å². The number of hydrogen-bond donors (Lipinski definition) is 1. The monoisotopic (exact) mass is 217 g/mol. The molecule has 5 atom stereocenters. The van der Waals surface area contributed by atoms with Gasteiger partial charge in [-0.05, 0) is 62.2 Å². The van der Waals surface area contributed by atoms with Crippen LogP contribution in [0, 0.1) is 23.7 Å². The van der Waals surface area contributed by atoms with E-state index in [4.69, 9.17) is 0 Å². The minimum absolute atomic E-state index is 0.782. The fourth-order valence-corrected chi connectivity index (χ4v) is 5.32. The van der Waals surface area contributed by atoms with Crippen molar-refractivity contribution in [3.8, 4) is 0 Å². The molecule has 3 fully saturated rings. The molecule has 4 aliphatic carbocycles. The van der Waals surface area contributed by atoms with E-state index in [1.54, 1.807) is 19.3 Å². The number of nitrogens with one attached hydrogen (secondary N) is 1. The fraction of sp³-hybridized carbons (Fsp3) is 0.867. The van der Waals surface area contributed by atoms with Crippen LogP contribution in [0.5, 0.6) is 0 Å². The molecule has 0 radical (unpaired) electrons. The Balaban J connectivity index is 1.44. The van der Waals surface area contributed by atoms with Gasteiger partial charge in [-0.15, -0.1) is 0 Å². The Kier molecular flexibility index (Phi) is 2.18. The molecule has 1 heteroatoms. The first-order valence-corrected chi connectivity index (χ1v) is 7.33. The van der Waals surface area contributed by atoms with Crippen LogP contribution in [0.15, 0.2) is 12.2 Å². The van der Waals surface area contributed by atoms with Gasteiger partial charge in [-0.1, -0.05) is 18.6 Å². The van der Waals surface area contributed by atoms with E-state index < -0.39 is 0 Å². The van der Waals surface area contributed by atoms with Gasteiger partial charge in [0, 0.05) is 12.1 Å². The molecule has 0 aromatic carbocycles. The standard InChI is InChI=1S/C15H23N/c1-2-5-11(4-1)16-15-9-10-8-14(15)13-7-3-6-12(10)13/h1-2,10-16H,3-9H2. The van der Waals surface area contributed by atoms with Gasteiger partial charge in [-0.25, -0.2) is 0 Å². The van der Waals surface area contributed by atoms with Crippen molar-refractivity contribution < 1.29 is 0 Å². The molecule has 0 aromatic rings. The summed E-state index contributed by atoms with van der Waals surface area (Å²) in [5.41, 5.74) is 0. The van der Waals surface area contributed by atoms with Gasteiger partial charge in [-0.3, -0.25) is 0 Å². The van der Waals surface area contributed by atoms with Gasteiger partial charge in [0.25, 0.3) is 0 Å². The van der Waals surface area contributed by atoms with Crippen molar-refractivity contribution in [3.05, 3.63) is 12.2 Å². The average Bonchev–Trinajstić information content (AvgIpc) is 2.99. The first kappa shape index (κ1) is 9.70. The molecular weight excluding hydrogens is 194 g/mol. The van der Waals surface area contributed by atoms with Crippen LogP contribution < -0.4 is 5.32 Å². The minimum Gasteiger partial charge on any atom is -0.310 e. The number of rotatable bonds is 2. The third kappa shape index (κ3) is 1.33. The summed E-state index contributed by atoms with van der Waals surface area (Å²) >= 11 is 0. The zero-order valence-electron chi connectivity index (χ0n) is 10.1. The van der Waals surface area contributed by atoms with Crippen LogP contribution in [-0.2, 0) is 0 Å². The Bertz CT molecular complexity index is 301. The van der Waals surface area contributed by atoms with Gasteiger partial charge in [0.15, 0.2) is 0 Å². The molecule has 4 aliphatic rings. The second-order valence-corrected chi connectivity index (χ2v) is 6.57. The fourth-order valence-electron chi connectivity index (χ4n) is 5.32. The van der Waals surface area contributed by atoms with Crippen LogP contribution in [-0.4, -0.2) is 12.1 Å². The van der Waals surface area contributed by atoms with E-state index in [1.165, 1.54) is 25.7 Å².